The first kappa shape index (κ1) is 14.2. The highest BCUT2D eigenvalue weighted by Crippen LogP contribution is 2.25. The highest BCUT2D eigenvalue weighted by atomic mass is 14.8. The number of aryl methyl sites for hydroxylation is 1. The Morgan fingerprint density at radius 3 is 2.29 bits per heavy atom. The van der Waals surface area contributed by atoms with E-state index in [2.05, 4.69) is 57.3 Å². The molecule has 1 rings (SSSR count). The van der Waals surface area contributed by atoms with Crippen molar-refractivity contribution in [3.05, 3.63) is 35.4 Å². The van der Waals surface area contributed by atoms with E-state index in [1.165, 1.54) is 24.0 Å². The lowest BCUT2D eigenvalue weighted by Gasteiger charge is -2.21. The predicted molar refractivity (Wildman–Crippen MR) is 76.5 cm³/mol. The summed E-state index contributed by atoms with van der Waals surface area (Å²) in [6.07, 6.45) is 2.56. The molecule has 0 aromatic heterocycles. The average Bonchev–Trinajstić information content (AvgIpc) is 2.35. The van der Waals surface area contributed by atoms with Crippen molar-refractivity contribution in [2.75, 3.05) is 13.1 Å². The first-order valence-corrected chi connectivity index (χ1v) is 6.94. The normalized spacial score (nSPS) is 14.6. The van der Waals surface area contributed by atoms with E-state index in [-0.39, 0.29) is 0 Å². The van der Waals surface area contributed by atoms with Crippen molar-refractivity contribution in [2.45, 2.75) is 46.5 Å². The minimum absolute atomic E-state index is 0.658. The smallest absolute Gasteiger partial charge is 0.00201 e. The quantitative estimate of drug-likeness (QED) is 0.747. The van der Waals surface area contributed by atoms with Crippen LogP contribution in [-0.4, -0.2) is 13.1 Å². The molecule has 0 saturated carbocycles. The zero-order valence-corrected chi connectivity index (χ0v) is 11.8. The van der Waals surface area contributed by atoms with Crippen LogP contribution in [0, 0.1) is 12.8 Å². The van der Waals surface area contributed by atoms with Crippen LogP contribution in [0.25, 0.3) is 0 Å². The minimum Gasteiger partial charge on any atom is -0.316 e. The Morgan fingerprint density at radius 2 is 1.76 bits per heavy atom. The largest absolute Gasteiger partial charge is 0.316 e. The number of likely N-dealkylation sites (N-methyl/N-ethyl adjacent to an activating group) is 1. The monoisotopic (exact) mass is 233 g/mol. The van der Waals surface area contributed by atoms with Gasteiger partial charge in [-0.25, -0.2) is 0 Å². The van der Waals surface area contributed by atoms with Gasteiger partial charge in [-0.2, -0.15) is 0 Å². The fourth-order valence-corrected chi connectivity index (χ4v) is 2.15. The number of hydrogen-bond acceptors (Lipinski definition) is 1. The standard InChI is InChI=1S/C16H27N/c1-5-13(3)11-16(12-17-6-2)15-9-7-14(4)8-10-15/h7-10,13,16-17H,5-6,11-12H2,1-4H3. The van der Waals surface area contributed by atoms with E-state index in [1.54, 1.807) is 0 Å². The third kappa shape index (κ3) is 4.91. The Morgan fingerprint density at radius 1 is 1.12 bits per heavy atom. The molecule has 0 heterocycles. The number of nitrogens with one attached hydrogen (secondary N) is 1. The summed E-state index contributed by atoms with van der Waals surface area (Å²) < 4.78 is 0. The van der Waals surface area contributed by atoms with Gasteiger partial charge in [0.15, 0.2) is 0 Å². The molecule has 2 unspecified atom stereocenters. The summed E-state index contributed by atoms with van der Waals surface area (Å²) in [5, 5.41) is 3.49. The summed E-state index contributed by atoms with van der Waals surface area (Å²) >= 11 is 0. The van der Waals surface area contributed by atoms with Gasteiger partial charge in [-0.1, -0.05) is 57.0 Å². The lowest BCUT2D eigenvalue weighted by molar-refractivity contribution is 0.438. The summed E-state index contributed by atoms with van der Waals surface area (Å²) in [7, 11) is 0. The van der Waals surface area contributed by atoms with Crippen LogP contribution in [0.4, 0.5) is 0 Å². The van der Waals surface area contributed by atoms with Gasteiger partial charge in [-0.3, -0.25) is 0 Å². The minimum atomic E-state index is 0.658. The molecule has 1 aromatic rings. The zero-order chi connectivity index (χ0) is 12.7. The van der Waals surface area contributed by atoms with Crippen molar-refractivity contribution < 1.29 is 0 Å². The maximum Gasteiger partial charge on any atom is 0.00201 e. The SMILES string of the molecule is CCNCC(CC(C)CC)c1ccc(C)cc1. The first-order valence-electron chi connectivity index (χ1n) is 6.94. The molecule has 0 aliphatic rings. The maximum absolute atomic E-state index is 3.49. The first-order chi connectivity index (χ1) is 8.17. The molecule has 0 aliphatic carbocycles. The number of hydrogen-bond donors (Lipinski definition) is 1. The summed E-state index contributed by atoms with van der Waals surface area (Å²) in [6.45, 7) is 11.1. The zero-order valence-electron chi connectivity index (χ0n) is 11.8. The molecule has 0 aliphatic heterocycles. The van der Waals surface area contributed by atoms with Gasteiger partial charge in [0.05, 0.1) is 0 Å². The Balaban J connectivity index is 2.70. The second-order valence-electron chi connectivity index (χ2n) is 5.16. The summed E-state index contributed by atoms with van der Waals surface area (Å²) in [4.78, 5) is 0. The summed E-state index contributed by atoms with van der Waals surface area (Å²) in [6, 6.07) is 9.04. The molecule has 0 radical (unpaired) electrons. The van der Waals surface area contributed by atoms with E-state index in [0.717, 1.165) is 19.0 Å². The predicted octanol–water partition coefficient (Wildman–Crippen LogP) is 4.12. The van der Waals surface area contributed by atoms with Gasteiger partial charge < -0.3 is 5.32 Å². The van der Waals surface area contributed by atoms with Crippen molar-refractivity contribution in [2.24, 2.45) is 5.92 Å². The van der Waals surface area contributed by atoms with E-state index in [0.29, 0.717) is 5.92 Å². The Hall–Kier alpha value is -0.820. The molecule has 1 heteroatoms. The Kier molecular flexibility index (Phi) is 6.28. The highest BCUT2D eigenvalue weighted by Gasteiger charge is 2.13. The Labute approximate surface area is 107 Å². The van der Waals surface area contributed by atoms with Crippen LogP contribution < -0.4 is 5.32 Å². The molecular weight excluding hydrogens is 206 g/mol. The van der Waals surface area contributed by atoms with E-state index >= 15 is 0 Å². The van der Waals surface area contributed by atoms with Gasteiger partial charge in [0, 0.05) is 6.54 Å². The molecule has 1 aromatic carbocycles. The van der Waals surface area contributed by atoms with E-state index in [1.807, 2.05) is 0 Å². The van der Waals surface area contributed by atoms with Crippen molar-refractivity contribution >= 4 is 0 Å². The second kappa shape index (κ2) is 7.50. The van der Waals surface area contributed by atoms with E-state index < -0.39 is 0 Å². The fraction of sp³-hybridized carbons (Fsp3) is 0.625. The molecule has 2 atom stereocenters. The van der Waals surface area contributed by atoms with Crippen molar-refractivity contribution in [1.82, 2.24) is 5.32 Å². The number of benzene rings is 1. The van der Waals surface area contributed by atoms with Crippen LogP contribution in [0.1, 0.15) is 50.7 Å². The van der Waals surface area contributed by atoms with Gasteiger partial charge >= 0.3 is 0 Å². The van der Waals surface area contributed by atoms with Gasteiger partial charge in [-0.05, 0) is 37.3 Å². The third-order valence-electron chi connectivity index (χ3n) is 3.57. The third-order valence-corrected chi connectivity index (χ3v) is 3.57. The van der Waals surface area contributed by atoms with Gasteiger partial charge in [0.25, 0.3) is 0 Å². The molecule has 0 bridgehead atoms. The summed E-state index contributed by atoms with van der Waals surface area (Å²) in [5.74, 6) is 1.46. The van der Waals surface area contributed by atoms with Crippen LogP contribution >= 0.6 is 0 Å². The van der Waals surface area contributed by atoms with Crippen LogP contribution in [-0.2, 0) is 0 Å². The van der Waals surface area contributed by atoms with E-state index in [9.17, 15) is 0 Å². The molecule has 0 fully saturated rings. The fourth-order valence-electron chi connectivity index (χ4n) is 2.15. The molecule has 1 nitrogen and oxygen atoms in total. The Bertz CT molecular complexity index is 302. The second-order valence-corrected chi connectivity index (χ2v) is 5.16. The lowest BCUT2D eigenvalue weighted by atomic mass is 9.88. The van der Waals surface area contributed by atoms with Crippen LogP contribution in [0.15, 0.2) is 24.3 Å². The molecule has 0 saturated heterocycles. The maximum atomic E-state index is 3.49. The van der Waals surface area contributed by atoms with Crippen molar-refractivity contribution in [1.29, 1.82) is 0 Å². The van der Waals surface area contributed by atoms with Crippen LogP contribution in [0.2, 0.25) is 0 Å². The lowest BCUT2D eigenvalue weighted by Crippen LogP contribution is -2.22. The molecule has 17 heavy (non-hydrogen) atoms. The van der Waals surface area contributed by atoms with Gasteiger partial charge in [0.2, 0.25) is 0 Å². The van der Waals surface area contributed by atoms with Crippen LogP contribution in [0.5, 0.6) is 0 Å². The molecule has 0 amide bonds. The van der Waals surface area contributed by atoms with Crippen molar-refractivity contribution in [3.63, 3.8) is 0 Å². The summed E-state index contributed by atoms with van der Waals surface area (Å²) in [5.41, 5.74) is 2.83. The van der Waals surface area contributed by atoms with Gasteiger partial charge in [-0.15, -0.1) is 0 Å². The molecular formula is C16H27N. The topological polar surface area (TPSA) is 12.0 Å². The van der Waals surface area contributed by atoms with E-state index in [4.69, 9.17) is 0 Å². The average molecular weight is 233 g/mol. The molecule has 96 valence electrons. The highest BCUT2D eigenvalue weighted by molar-refractivity contribution is 5.24. The molecule has 1 N–H and O–H groups in total. The molecule has 0 spiro atoms. The van der Waals surface area contributed by atoms with Gasteiger partial charge in [0.1, 0.15) is 0 Å². The van der Waals surface area contributed by atoms with Crippen LogP contribution in [0.3, 0.4) is 0 Å². The van der Waals surface area contributed by atoms with Crippen molar-refractivity contribution in [3.8, 4) is 0 Å². The number of rotatable bonds is 7.